The lowest BCUT2D eigenvalue weighted by Crippen LogP contribution is -2.06. The van der Waals surface area contributed by atoms with Crippen molar-refractivity contribution in [2.24, 2.45) is 5.92 Å². The average Bonchev–Trinajstić information content (AvgIpc) is 2.69. The molecule has 0 aromatic heterocycles. The molecule has 2 heteroatoms. The predicted octanol–water partition coefficient (Wildman–Crippen LogP) is 1.60. The summed E-state index contributed by atoms with van der Waals surface area (Å²) in [6.07, 6.45) is 3.81. The maximum Gasteiger partial charge on any atom is 0.127 e. The third-order valence-corrected chi connectivity index (χ3v) is 2.19. The molecule has 1 saturated carbocycles. The monoisotopic (exact) mass is 139 g/mol. The second kappa shape index (κ2) is 2.27. The van der Waals surface area contributed by atoms with Crippen LogP contribution in [0.1, 0.15) is 26.2 Å². The van der Waals surface area contributed by atoms with Gasteiger partial charge in [0, 0.05) is 5.92 Å². The fourth-order valence-electron chi connectivity index (χ4n) is 1.38. The summed E-state index contributed by atoms with van der Waals surface area (Å²) in [6.45, 7) is 3.14. The van der Waals surface area contributed by atoms with Crippen LogP contribution in [0.2, 0.25) is 0 Å². The molecule has 1 fully saturated rings. The van der Waals surface area contributed by atoms with Crippen LogP contribution in [0.3, 0.4) is 0 Å². The van der Waals surface area contributed by atoms with Crippen molar-refractivity contribution in [2.75, 3.05) is 6.54 Å². The van der Waals surface area contributed by atoms with E-state index in [-0.39, 0.29) is 0 Å². The largest absolute Gasteiger partial charge is 0.413 e. The SMILES string of the molecule is CCC1=C(C2CC2)ONC1. The summed E-state index contributed by atoms with van der Waals surface area (Å²) in [4.78, 5) is 5.31. The molecule has 0 spiro atoms. The Bertz CT molecular complexity index is 170. The van der Waals surface area contributed by atoms with Gasteiger partial charge in [0.1, 0.15) is 5.76 Å². The zero-order chi connectivity index (χ0) is 6.97. The van der Waals surface area contributed by atoms with Gasteiger partial charge in [-0.3, -0.25) is 0 Å². The van der Waals surface area contributed by atoms with Gasteiger partial charge in [0.25, 0.3) is 0 Å². The van der Waals surface area contributed by atoms with E-state index in [1.807, 2.05) is 0 Å². The first-order valence-electron chi connectivity index (χ1n) is 4.03. The van der Waals surface area contributed by atoms with Crippen molar-refractivity contribution in [3.8, 4) is 0 Å². The number of hydrogen-bond donors (Lipinski definition) is 1. The van der Waals surface area contributed by atoms with E-state index in [2.05, 4.69) is 12.4 Å². The van der Waals surface area contributed by atoms with Crippen molar-refractivity contribution in [1.29, 1.82) is 0 Å². The Morgan fingerprint density at radius 3 is 3.00 bits per heavy atom. The van der Waals surface area contributed by atoms with Crippen molar-refractivity contribution in [1.82, 2.24) is 5.48 Å². The van der Waals surface area contributed by atoms with E-state index < -0.39 is 0 Å². The van der Waals surface area contributed by atoms with E-state index in [4.69, 9.17) is 4.84 Å². The smallest absolute Gasteiger partial charge is 0.127 e. The van der Waals surface area contributed by atoms with E-state index >= 15 is 0 Å². The maximum absolute atomic E-state index is 5.31. The van der Waals surface area contributed by atoms with Crippen molar-refractivity contribution in [3.05, 3.63) is 11.3 Å². The minimum Gasteiger partial charge on any atom is -0.413 e. The Balaban J connectivity index is 2.12. The molecule has 0 radical (unpaired) electrons. The quantitative estimate of drug-likeness (QED) is 0.627. The van der Waals surface area contributed by atoms with Gasteiger partial charge in [0.15, 0.2) is 0 Å². The summed E-state index contributed by atoms with van der Waals surface area (Å²) in [5.74, 6) is 2.02. The van der Waals surface area contributed by atoms with Gasteiger partial charge in [0.2, 0.25) is 0 Å². The molecule has 0 amide bonds. The fraction of sp³-hybridized carbons (Fsp3) is 0.750. The summed E-state index contributed by atoms with van der Waals surface area (Å²) in [5, 5.41) is 0. The van der Waals surface area contributed by atoms with Gasteiger partial charge >= 0.3 is 0 Å². The lowest BCUT2D eigenvalue weighted by atomic mass is 10.1. The second-order valence-electron chi connectivity index (χ2n) is 3.02. The number of hydrogen-bond acceptors (Lipinski definition) is 2. The van der Waals surface area contributed by atoms with Crippen LogP contribution < -0.4 is 5.48 Å². The van der Waals surface area contributed by atoms with Crippen LogP contribution in [-0.2, 0) is 4.84 Å². The molecule has 1 aliphatic heterocycles. The third-order valence-electron chi connectivity index (χ3n) is 2.19. The molecule has 0 atom stereocenters. The third kappa shape index (κ3) is 0.926. The molecule has 0 unspecified atom stereocenters. The van der Waals surface area contributed by atoms with Crippen LogP contribution in [0.4, 0.5) is 0 Å². The molecule has 1 N–H and O–H groups in total. The normalized spacial score (nSPS) is 25.3. The molecular formula is C8H13NO. The first-order valence-corrected chi connectivity index (χ1v) is 4.03. The van der Waals surface area contributed by atoms with Gasteiger partial charge in [-0.25, -0.2) is 0 Å². The summed E-state index contributed by atoms with van der Waals surface area (Å²) in [5.41, 5.74) is 4.40. The van der Waals surface area contributed by atoms with E-state index in [1.165, 1.54) is 24.2 Å². The number of rotatable bonds is 2. The minimum absolute atomic E-state index is 0.768. The molecule has 1 aliphatic carbocycles. The first kappa shape index (κ1) is 6.23. The second-order valence-corrected chi connectivity index (χ2v) is 3.02. The van der Waals surface area contributed by atoms with Crippen LogP contribution >= 0.6 is 0 Å². The summed E-state index contributed by atoms with van der Waals surface area (Å²) < 4.78 is 0. The van der Waals surface area contributed by atoms with E-state index in [0.717, 1.165) is 18.9 Å². The summed E-state index contributed by atoms with van der Waals surface area (Å²) in [6, 6.07) is 0. The topological polar surface area (TPSA) is 21.3 Å². The van der Waals surface area contributed by atoms with Gasteiger partial charge in [-0.15, -0.1) is 0 Å². The van der Waals surface area contributed by atoms with Crippen molar-refractivity contribution < 1.29 is 4.84 Å². The van der Waals surface area contributed by atoms with Crippen molar-refractivity contribution in [3.63, 3.8) is 0 Å². The molecule has 0 saturated heterocycles. The Morgan fingerprint density at radius 1 is 1.60 bits per heavy atom. The Kier molecular flexibility index (Phi) is 1.42. The highest BCUT2D eigenvalue weighted by molar-refractivity contribution is 5.18. The lowest BCUT2D eigenvalue weighted by Gasteiger charge is -1.99. The lowest BCUT2D eigenvalue weighted by molar-refractivity contribution is 0.128. The molecule has 0 bridgehead atoms. The molecule has 2 nitrogen and oxygen atoms in total. The zero-order valence-electron chi connectivity index (χ0n) is 6.31. The molecular weight excluding hydrogens is 126 g/mol. The van der Waals surface area contributed by atoms with Gasteiger partial charge < -0.3 is 4.84 Å². The summed E-state index contributed by atoms with van der Waals surface area (Å²) in [7, 11) is 0. The Hall–Kier alpha value is -0.500. The fourth-order valence-corrected chi connectivity index (χ4v) is 1.38. The average molecular weight is 139 g/mol. The highest BCUT2D eigenvalue weighted by Gasteiger charge is 2.32. The summed E-state index contributed by atoms with van der Waals surface area (Å²) >= 11 is 0. The van der Waals surface area contributed by atoms with Gasteiger partial charge in [-0.05, 0) is 24.8 Å². The minimum atomic E-state index is 0.768. The van der Waals surface area contributed by atoms with Crippen LogP contribution in [0.25, 0.3) is 0 Å². The maximum atomic E-state index is 5.31. The van der Waals surface area contributed by atoms with Crippen LogP contribution in [0.15, 0.2) is 11.3 Å². The van der Waals surface area contributed by atoms with Crippen LogP contribution in [0.5, 0.6) is 0 Å². The highest BCUT2D eigenvalue weighted by atomic mass is 16.7. The number of nitrogens with one attached hydrogen (secondary N) is 1. The molecule has 0 aromatic rings. The zero-order valence-corrected chi connectivity index (χ0v) is 6.31. The molecule has 56 valence electrons. The molecule has 2 rings (SSSR count). The molecule has 0 aromatic carbocycles. The van der Waals surface area contributed by atoms with E-state index in [0.29, 0.717) is 0 Å². The molecule has 2 aliphatic rings. The predicted molar refractivity (Wildman–Crippen MR) is 39.1 cm³/mol. The standard InChI is InChI=1S/C8H13NO/c1-2-6-5-9-10-8(6)7-3-4-7/h7,9H,2-5H2,1H3. The van der Waals surface area contributed by atoms with Crippen LogP contribution in [0, 0.1) is 5.92 Å². The van der Waals surface area contributed by atoms with Gasteiger partial charge in [-0.2, -0.15) is 5.48 Å². The molecule has 10 heavy (non-hydrogen) atoms. The highest BCUT2D eigenvalue weighted by Crippen LogP contribution is 2.40. The van der Waals surface area contributed by atoms with E-state index in [9.17, 15) is 0 Å². The van der Waals surface area contributed by atoms with Crippen molar-refractivity contribution >= 4 is 0 Å². The number of hydroxylamine groups is 1. The van der Waals surface area contributed by atoms with Gasteiger partial charge in [0.05, 0.1) is 6.54 Å². The van der Waals surface area contributed by atoms with Crippen molar-refractivity contribution in [2.45, 2.75) is 26.2 Å². The van der Waals surface area contributed by atoms with Gasteiger partial charge in [-0.1, -0.05) is 6.92 Å². The Morgan fingerprint density at radius 2 is 2.40 bits per heavy atom. The molecule has 1 heterocycles. The van der Waals surface area contributed by atoms with Crippen LogP contribution in [-0.4, -0.2) is 6.54 Å². The Labute approximate surface area is 61.2 Å². The first-order chi connectivity index (χ1) is 4.92. The number of allylic oxidation sites excluding steroid dienone is 1. The van der Waals surface area contributed by atoms with E-state index in [1.54, 1.807) is 0 Å².